The predicted octanol–water partition coefficient (Wildman–Crippen LogP) is 1.64. The van der Waals surface area contributed by atoms with Crippen LogP contribution >= 0.6 is 0 Å². The third-order valence-electron chi connectivity index (χ3n) is 4.46. The van der Waals surface area contributed by atoms with Crippen LogP contribution in [0.1, 0.15) is 26.7 Å². The zero-order valence-electron chi connectivity index (χ0n) is 15.6. The zero-order chi connectivity index (χ0) is 19.2. The standard InChI is InChI=1S/C18H28N2O5S/c1-4-26(22,23)20-11-5-6-15(12-20)18(21)19-14(2)13-25-17-9-7-16(24-3)8-10-17/h7-10,14-15H,4-6,11-13H2,1-3H3,(H,19,21)/t14-,15+/m1/s1. The Bertz CT molecular complexity index is 690. The van der Waals surface area contributed by atoms with Crippen LogP contribution < -0.4 is 14.8 Å². The number of carbonyl (C=O) groups excluding carboxylic acids is 1. The number of ether oxygens (including phenoxy) is 2. The number of nitrogens with zero attached hydrogens (tertiary/aromatic N) is 1. The van der Waals surface area contributed by atoms with Crippen LogP contribution in [0.3, 0.4) is 0 Å². The SMILES string of the molecule is CCS(=O)(=O)N1CCC[C@H](C(=O)N[C@H](C)COc2ccc(OC)cc2)C1. The van der Waals surface area contributed by atoms with Crippen molar-refractivity contribution in [2.24, 2.45) is 5.92 Å². The summed E-state index contributed by atoms with van der Waals surface area (Å²) in [6.07, 6.45) is 1.40. The van der Waals surface area contributed by atoms with Crippen molar-refractivity contribution in [2.45, 2.75) is 32.7 Å². The average Bonchev–Trinajstić information content (AvgIpc) is 2.66. The first-order chi connectivity index (χ1) is 12.4. The summed E-state index contributed by atoms with van der Waals surface area (Å²) in [6.45, 7) is 4.58. The van der Waals surface area contributed by atoms with Crippen molar-refractivity contribution in [3.8, 4) is 11.5 Å². The van der Waals surface area contributed by atoms with E-state index in [9.17, 15) is 13.2 Å². The molecule has 7 nitrogen and oxygen atoms in total. The maximum absolute atomic E-state index is 12.5. The van der Waals surface area contributed by atoms with Gasteiger partial charge in [0.05, 0.1) is 24.8 Å². The molecule has 1 aliphatic rings. The zero-order valence-corrected chi connectivity index (χ0v) is 16.4. The molecule has 2 atom stereocenters. The van der Waals surface area contributed by atoms with Crippen molar-refractivity contribution < 1.29 is 22.7 Å². The van der Waals surface area contributed by atoms with Crippen LogP contribution in [0.25, 0.3) is 0 Å². The third-order valence-corrected chi connectivity index (χ3v) is 6.31. The first-order valence-corrected chi connectivity index (χ1v) is 10.5. The summed E-state index contributed by atoms with van der Waals surface area (Å²) in [5.41, 5.74) is 0. The van der Waals surface area contributed by atoms with E-state index in [0.717, 1.165) is 5.75 Å². The summed E-state index contributed by atoms with van der Waals surface area (Å²) in [5.74, 6) is 1.08. The van der Waals surface area contributed by atoms with Crippen molar-refractivity contribution in [3.63, 3.8) is 0 Å². The second-order valence-electron chi connectivity index (χ2n) is 6.49. The highest BCUT2D eigenvalue weighted by Crippen LogP contribution is 2.20. The van der Waals surface area contributed by atoms with E-state index in [1.54, 1.807) is 14.0 Å². The molecule has 146 valence electrons. The van der Waals surface area contributed by atoms with E-state index in [2.05, 4.69) is 5.32 Å². The van der Waals surface area contributed by atoms with E-state index in [0.29, 0.717) is 31.7 Å². The van der Waals surface area contributed by atoms with E-state index in [-0.39, 0.29) is 30.2 Å². The maximum atomic E-state index is 12.5. The Morgan fingerprint density at radius 1 is 1.31 bits per heavy atom. The lowest BCUT2D eigenvalue weighted by molar-refractivity contribution is -0.126. The fourth-order valence-electron chi connectivity index (χ4n) is 2.89. The first kappa shape index (κ1) is 20.5. The van der Waals surface area contributed by atoms with Gasteiger partial charge >= 0.3 is 0 Å². The quantitative estimate of drug-likeness (QED) is 0.736. The highest BCUT2D eigenvalue weighted by Gasteiger charge is 2.31. The second kappa shape index (κ2) is 9.23. The number of rotatable bonds is 8. The number of piperidine rings is 1. The van der Waals surface area contributed by atoms with E-state index < -0.39 is 10.0 Å². The molecule has 1 saturated heterocycles. The Hall–Kier alpha value is -1.80. The van der Waals surface area contributed by atoms with Gasteiger partial charge in [-0.2, -0.15) is 0 Å². The lowest BCUT2D eigenvalue weighted by atomic mass is 9.98. The summed E-state index contributed by atoms with van der Waals surface area (Å²) in [5, 5.41) is 2.92. The van der Waals surface area contributed by atoms with Crippen molar-refractivity contribution in [2.75, 3.05) is 32.6 Å². The number of nitrogens with one attached hydrogen (secondary N) is 1. The van der Waals surface area contributed by atoms with Gasteiger partial charge in [0, 0.05) is 13.1 Å². The molecule has 8 heteroatoms. The minimum Gasteiger partial charge on any atom is -0.497 e. The number of hydrogen-bond acceptors (Lipinski definition) is 5. The van der Waals surface area contributed by atoms with Crippen LogP contribution in [-0.4, -0.2) is 57.2 Å². The molecular weight excluding hydrogens is 356 g/mol. The van der Waals surface area contributed by atoms with Gasteiger partial charge in [0.1, 0.15) is 18.1 Å². The van der Waals surface area contributed by atoms with E-state index >= 15 is 0 Å². The Balaban J connectivity index is 1.82. The molecule has 1 amide bonds. The third kappa shape index (κ3) is 5.60. The van der Waals surface area contributed by atoms with Crippen LogP contribution in [0.2, 0.25) is 0 Å². The molecule has 1 N–H and O–H groups in total. The number of sulfonamides is 1. The van der Waals surface area contributed by atoms with Crippen LogP contribution in [-0.2, 0) is 14.8 Å². The second-order valence-corrected chi connectivity index (χ2v) is 8.75. The number of amides is 1. The summed E-state index contributed by atoms with van der Waals surface area (Å²) in [6, 6.07) is 7.05. The van der Waals surface area contributed by atoms with Crippen LogP contribution in [0.4, 0.5) is 0 Å². The number of hydrogen-bond donors (Lipinski definition) is 1. The summed E-state index contributed by atoms with van der Waals surface area (Å²) < 4.78 is 36.2. The molecule has 1 aromatic rings. The van der Waals surface area contributed by atoms with Gasteiger partial charge < -0.3 is 14.8 Å². The minimum atomic E-state index is -3.25. The first-order valence-electron chi connectivity index (χ1n) is 8.90. The summed E-state index contributed by atoms with van der Waals surface area (Å²) in [4.78, 5) is 12.5. The molecule has 1 heterocycles. The summed E-state index contributed by atoms with van der Waals surface area (Å²) >= 11 is 0. The smallest absolute Gasteiger partial charge is 0.224 e. The van der Waals surface area contributed by atoms with Gasteiger partial charge in [-0.05, 0) is 51.0 Å². The minimum absolute atomic E-state index is 0.0629. The maximum Gasteiger partial charge on any atom is 0.224 e. The molecular formula is C18H28N2O5S. The Morgan fingerprint density at radius 3 is 2.58 bits per heavy atom. The van der Waals surface area contributed by atoms with Gasteiger partial charge in [-0.15, -0.1) is 0 Å². The molecule has 1 aromatic carbocycles. The lowest BCUT2D eigenvalue weighted by Crippen LogP contribution is -2.48. The lowest BCUT2D eigenvalue weighted by Gasteiger charge is -2.31. The molecule has 0 bridgehead atoms. The van der Waals surface area contributed by atoms with E-state index in [1.807, 2.05) is 31.2 Å². The predicted molar refractivity (Wildman–Crippen MR) is 99.9 cm³/mol. The molecule has 1 aliphatic heterocycles. The summed E-state index contributed by atoms with van der Waals surface area (Å²) in [7, 11) is -1.65. The molecule has 0 aliphatic carbocycles. The van der Waals surface area contributed by atoms with Crippen molar-refractivity contribution in [1.29, 1.82) is 0 Å². The van der Waals surface area contributed by atoms with Crippen LogP contribution in [0, 0.1) is 5.92 Å². The molecule has 0 aromatic heterocycles. The van der Waals surface area contributed by atoms with Gasteiger partial charge in [-0.25, -0.2) is 12.7 Å². The largest absolute Gasteiger partial charge is 0.497 e. The van der Waals surface area contributed by atoms with Crippen molar-refractivity contribution in [1.82, 2.24) is 9.62 Å². The average molecular weight is 384 g/mol. The monoisotopic (exact) mass is 384 g/mol. The van der Waals surface area contributed by atoms with Gasteiger partial charge in [-0.1, -0.05) is 0 Å². The highest BCUT2D eigenvalue weighted by atomic mass is 32.2. The van der Waals surface area contributed by atoms with Gasteiger partial charge in [0.15, 0.2) is 0 Å². The molecule has 2 rings (SSSR count). The van der Waals surface area contributed by atoms with Crippen LogP contribution in [0.5, 0.6) is 11.5 Å². The Morgan fingerprint density at radius 2 is 1.96 bits per heavy atom. The number of methoxy groups -OCH3 is 1. The van der Waals surface area contributed by atoms with Gasteiger partial charge in [0.25, 0.3) is 0 Å². The van der Waals surface area contributed by atoms with Gasteiger partial charge in [-0.3, -0.25) is 4.79 Å². The molecule has 0 spiro atoms. The molecule has 0 unspecified atom stereocenters. The fourth-order valence-corrected chi connectivity index (χ4v) is 4.07. The molecule has 1 fully saturated rings. The topological polar surface area (TPSA) is 84.9 Å². The molecule has 0 saturated carbocycles. The Kier molecular flexibility index (Phi) is 7.28. The fraction of sp³-hybridized carbons (Fsp3) is 0.611. The van der Waals surface area contributed by atoms with E-state index in [1.165, 1.54) is 4.31 Å². The van der Waals surface area contributed by atoms with Crippen molar-refractivity contribution in [3.05, 3.63) is 24.3 Å². The van der Waals surface area contributed by atoms with Crippen molar-refractivity contribution >= 4 is 15.9 Å². The van der Waals surface area contributed by atoms with Crippen LogP contribution in [0.15, 0.2) is 24.3 Å². The van der Waals surface area contributed by atoms with E-state index in [4.69, 9.17) is 9.47 Å². The Labute approximate surface area is 155 Å². The molecule has 0 radical (unpaired) electrons. The molecule has 26 heavy (non-hydrogen) atoms. The normalized spacial score (nSPS) is 19.6. The highest BCUT2D eigenvalue weighted by molar-refractivity contribution is 7.89. The van der Waals surface area contributed by atoms with Gasteiger partial charge in [0.2, 0.25) is 15.9 Å². The number of benzene rings is 1. The number of carbonyl (C=O) groups is 1.